The Morgan fingerprint density at radius 2 is 1.07 bits per heavy atom. The number of carbonyl (C=O) groups is 2. The molecule has 42 heavy (non-hydrogen) atoms. The van der Waals surface area contributed by atoms with E-state index in [4.69, 9.17) is 5.11 Å². The first-order valence-corrected chi connectivity index (χ1v) is 17.8. The summed E-state index contributed by atoms with van der Waals surface area (Å²) in [6.07, 6.45) is 28.4. The second kappa shape index (κ2) is 29.7. The van der Waals surface area contributed by atoms with Gasteiger partial charge in [-0.3, -0.25) is 9.59 Å². The first-order valence-electron chi connectivity index (χ1n) is 17.8. The molecule has 6 heteroatoms. The van der Waals surface area contributed by atoms with Gasteiger partial charge < -0.3 is 20.4 Å². The van der Waals surface area contributed by atoms with Crippen molar-refractivity contribution in [3.05, 3.63) is 12.2 Å². The summed E-state index contributed by atoms with van der Waals surface area (Å²) in [5.41, 5.74) is 0. The van der Waals surface area contributed by atoms with Crippen LogP contribution in [0.4, 0.5) is 0 Å². The maximum Gasteiger partial charge on any atom is 0.306 e. The van der Waals surface area contributed by atoms with Crippen molar-refractivity contribution in [3.8, 4) is 0 Å². The Morgan fingerprint density at radius 1 is 0.548 bits per heavy atom. The minimum absolute atomic E-state index is 0.0862. The molecule has 0 saturated heterocycles. The van der Waals surface area contributed by atoms with Gasteiger partial charge in [-0.25, -0.2) is 0 Å². The summed E-state index contributed by atoms with van der Waals surface area (Å²) in [5.74, 6) is -1.71. The Labute approximate surface area is 258 Å². The molecule has 0 aromatic carbocycles. The van der Waals surface area contributed by atoms with E-state index in [1.54, 1.807) is 0 Å². The first kappa shape index (κ1) is 40.6. The van der Waals surface area contributed by atoms with Gasteiger partial charge in [0, 0.05) is 6.42 Å². The Hall–Kier alpha value is -1.40. The van der Waals surface area contributed by atoms with E-state index in [1.807, 2.05) is 0 Å². The zero-order chi connectivity index (χ0) is 31.3. The van der Waals surface area contributed by atoms with Crippen LogP contribution in [0.3, 0.4) is 0 Å². The van der Waals surface area contributed by atoms with Gasteiger partial charge in [0.25, 0.3) is 0 Å². The van der Waals surface area contributed by atoms with Crippen LogP contribution in [0, 0.1) is 11.8 Å². The normalized spacial score (nSPS) is 14.7. The highest BCUT2D eigenvalue weighted by Gasteiger charge is 2.27. The molecule has 0 spiro atoms. The number of aliphatic hydroxyl groups is 2. The number of aliphatic hydroxyl groups excluding tert-OH is 2. The standard InChI is InChI=1S/C36H68O6/c1-3-5-7-18-24-32(37)25-20-14-10-9-11-15-21-27-34(36(41)42)31(23-17-13-12-16-22-28-35(39)40)29-30-33(38)26-19-8-6-4-2/h14,20,31-34,37-38H,3-13,15-19,21-30H2,1-2H3,(H,39,40)(H,41,42)/b20-14-/t31?,32-,33?,34?/m1/s1. The summed E-state index contributed by atoms with van der Waals surface area (Å²) >= 11 is 0. The predicted octanol–water partition coefficient (Wildman–Crippen LogP) is 9.85. The van der Waals surface area contributed by atoms with Crippen LogP contribution >= 0.6 is 0 Å². The van der Waals surface area contributed by atoms with Crippen molar-refractivity contribution in [1.29, 1.82) is 0 Å². The molecule has 248 valence electrons. The summed E-state index contributed by atoms with van der Waals surface area (Å²) in [6.45, 7) is 4.38. The number of carboxylic acid groups (broad SMARTS) is 2. The van der Waals surface area contributed by atoms with E-state index in [1.165, 1.54) is 32.1 Å². The van der Waals surface area contributed by atoms with E-state index >= 15 is 0 Å². The highest BCUT2D eigenvalue weighted by atomic mass is 16.4. The third-order valence-electron chi connectivity index (χ3n) is 8.72. The van der Waals surface area contributed by atoms with Crippen LogP contribution < -0.4 is 0 Å². The molecule has 0 fully saturated rings. The second-order valence-corrected chi connectivity index (χ2v) is 12.7. The lowest BCUT2D eigenvalue weighted by molar-refractivity contribution is -0.144. The third kappa shape index (κ3) is 26.2. The molecule has 4 N–H and O–H groups in total. The summed E-state index contributed by atoms with van der Waals surface area (Å²) in [4.78, 5) is 23.0. The molecular weight excluding hydrogens is 528 g/mol. The smallest absolute Gasteiger partial charge is 0.306 e. The van der Waals surface area contributed by atoms with Gasteiger partial charge in [-0.05, 0) is 70.1 Å². The minimum Gasteiger partial charge on any atom is -0.481 e. The summed E-state index contributed by atoms with van der Waals surface area (Å²) in [7, 11) is 0. The van der Waals surface area contributed by atoms with Crippen LogP contribution in [0.25, 0.3) is 0 Å². The molecule has 0 heterocycles. The fourth-order valence-corrected chi connectivity index (χ4v) is 5.95. The number of carboxylic acids is 2. The number of allylic oxidation sites excluding steroid dienone is 1. The van der Waals surface area contributed by atoms with Gasteiger partial charge >= 0.3 is 11.9 Å². The van der Waals surface area contributed by atoms with E-state index in [0.29, 0.717) is 19.3 Å². The van der Waals surface area contributed by atoms with Crippen LogP contribution in [0.1, 0.15) is 181 Å². The SMILES string of the molecule is CCCCCCC(O)CCC(CCCCCCCC(=O)O)C(CCCCCC/C=C\C[C@H](O)CCCCCC)C(=O)O. The van der Waals surface area contributed by atoms with Crippen molar-refractivity contribution in [2.45, 2.75) is 193 Å². The van der Waals surface area contributed by atoms with Gasteiger partial charge in [0.1, 0.15) is 0 Å². The molecule has 0 aliphatic heterocycles. The molecule has 0 rings (SSSR count). The Balaban J connectivity index is 4.51. The number of hydrogen-bond donors (Lipinski definition) is 4. The average molecular weight is 597 g/mol. The molecule has 0 aromatic heterocycles. The topological polar surface area (TPSA) is 115 Å². The molecule has 0 aliphatic rings. The van der Waals surface area contributed by atoms with Crippen molar-refractivity contribution in [1.82, 2.24) is 0 Å². The molecular formula is C36H68O6. The van der Waals surface area contributed by atoms with Crippen LogP contribution in [-0.4, -0.2) is 44.6 Å². The number of hydrogen-bond acceptors (Lipinski definition) is 4. The Bertz CT molecular complexity index is 649. The Kier molecular flexibility index (Phi) is 28.7. The van der Waals surface area contributed by atoms with Gasteiger partial charge in [0.15, 0.2) is 0 Å². The highest BCUT2D eigenvalue weighted by Crippen LogP contribution is 2.30. The fraction of sp³-hybridized carbons (Fsp3) is 0.889. The molecule has 0 bridgehead atoms. The van der Waals surface area contributed by atoms with E-state index in [0.717, 1.165) is 109 Å². The number of rotatable bonds is 32. The van der Waals surface area contributed by atoms with Crippen molar-refractivity contribution in [2.75, 3.05) is 0 Å². The zero-order valence-electron chi connectivity index (χ0n) is 27.5. The minimum atomic E-state index is -0.743. The van der Waals surface area contributed by atoms with E-state index < -0.39 is 11.9 Å². The lowest BCUT2D eigenvalue weighted by atomic mass is 9.80. The van der Waals surface area contributed by atoms with E-state index in [2.05, 4.69) is 26.0 Å². The molecule has 0 radical (unpaired) electrons. The molecule has 4 atom stereocenters. The van der Waals surface area contributed by atoms with Gasteiger partial charge in [0.05, 0.1) is 18.1 Å². The van der Waals surface area contributed by atoms with Gasteiger partial charge in [-0.15, -0.1) is 0 Å². The maximum absolute atomic E-state index is 12.3. The quantitative estimate of drug-likeness (QED) is 0.0454. The van der Waals surface area contributed by atoms with Crippen molar-refractivity contribution >= 4 is 11.9 Å². The zero-order valence-corrected chi connectivity index (χ0v) is 27.5. The largest absolute Gasteiger partial charge is 0.481 e. The maximum atomic E-state index is 12.3. The molecule has 0 saturated carbocycles. The van der Waals surface area contributed by atoms with Crippen molar-refractivity contribution < 1.29 is 30.0 Å². The summed E-state index contributed by atoms with van der Waals surface area (Å²) < 4.78 is 0. The van der Waals surface area contributed by atoms with E-state index in [-0.39, 0.29) is 30.5 Å². The molecule has 0 aliphatic carbocycles. The lowest BCUT2D eigenvalue weighted by Gasteiger charge is -2.25. The van der Waals surface area contributed by atoms with Crippen molar-refractivity contribution in [2.24, 2.45) is 11.8 Å². The summed E-state index contributed by atoms with van der Waals surface area (Å²) in [5, 5.41) is 39.5. The Morgan fingerprint density at radius 3 is 1.69 bits per heavy atom. The average Bonchev–Trinajstić information content (AvgIpc) is 2.95. The van der Waals surface area contributed by atoms with Gasteiger partial charge in [0.2, 0.25) is 0 Å². The highest BCUT2D eigenvalue weighted by molar-refractivity contribution is 5.70. The third-order valence-corrected chi connectivity index (χ3v) is 8.72. The van der Waals surface area contributed by atoms with Crippen LogP contribution in [0.2, 0.25) is 0 Å². The van der Waals surface area contributed by atoms with Gasteiger partial charge in [-0.1, -0.05) is 122 Å². The van der Waals surface area contributed by atoms with Crippen molar-refractivity contribution in [3.63, 3.8) is 0 Å². The van der Waals surface area contributed by atoms with Crippen LogP contribution in [0.15, 0.2) is 12.2 Å². The first-order chi connectivity index (χ1) is 20.3. The van der Waals surface area contributed by atoms with Crippen LogP contribution in [-0.2, 0) is 9.59 Å². The summed E-state index contributed by atoms with van der Waals surface area (Å²) in [6, 6.07) is 0. The molecule has 0 aromatic rings. The number of unbranched alkanes of at least 4 members (excludes halogenated alkanes) is 14. The van der Waals surface area contributed by atoms with E-state index in [9.17, 15) is 24.9 Å². The number of aliphatic carboxylic acids is 2. The molecule has 6 nitrogen and oxygen atoms in total. The fourth-order valence-electron chi connectivity index (χ4n) is 5.95. The lowest BCUT2D eigenvalue weighted by Crippen LogP contribution is -2.25. The second-order valence-electron chi connectivity index (χ2n) is 12.7. The molecule has 0 amide bonds. The van der Waals surface area contributed by atoms with Crippen LogP contribution in [0.5, 0.6) is 0 Å². The molecule has 3 unspecified atom stereocenters. The predicted molar refractivity (Wildman–Crippen MR) is 175 cm³/mol. The monoisotopic (exact) mass is 597 g/mol. The van der Waals surface area contributed by atoms with Gasteiger partial charge in [-0.2, -0.15) is 0 Å².